The zero-order chi connectivity index (χ0) is 17.3. The molecule has 8 heteroatoms. The molecule has 0 saturated carbocycles. The summed E-state index contributed by atoms with van der Waals surface area (Å²) >= 11 is 2.28. The van der Waals surface area contributed by atoms with Crippen molar-refractivity contribution in [3.63, 3.8) is 0 Å². The van der Waals surface area contributed by atoms with Crippen LogP contribution >= 0.6 is 23.7 Å². The number of carbonyl (C=O) groups excluding carboxylic acids is 2. The lowest BCUT2D eigenvalue weighted by Crippen LogP contribution is -2.59. The van der Waals surface area contributed by atoms with Crippen LogP contribution in [-0.4, -0.2) is 34.6 Å². The molecule has 0 unspecified atom stereocenters. The molecule has 1 amide bonds. The van der Waals surface area contributed by atoms with E-state index < -0.39 is 8.32 Å². The summed E-state index contributed by atoms with van der Waals surface area (Å²) in [5.74, 6) is -0.275. The number of β-lactam (4-membered cyclic amide) rings is 1. The minimum absolute atomic E-state index is 0.0278. The van der Waals surface area contributed by atoms with Crippen LogP contribution in [0.25, 0.3) is 0 Å². The van der Waals surface area contributed by atoms with E-state index in [0.717, 1.165) is 23.7 Å². The van der Waals surface area contributed by atoms with Crippen LogP contribution in [0, 0.1) is 5.92 Å². The van der Waals surface area contributed by atoms with Gasteiger partial charge < -0.3 is 9.74 Å². The summed E-state index contributed by atoms with van der Waals surface area (Å²) in [7, 11) is -1.88. The number of rotatable bonds is 5. The lowest BCUT2D eigenvalue weighted by Gasteiger charge is -2.41. The smallest absolute Gasteiger partial charge is 0.268 e. The quantitative estimate of drug-likeness (QED) is 0.627. The summed E-state index contributed by atoms with van der Waals surface area (Å²) in [5, 5.41) is 2.71. The number of hydrogen-bond donors (Lipinski definition) is 1. The predicted octanol–water partition coefficient (Wildman–Crippen LogP) is 3.93. The summed E-state index contributed by atoms with van der Waals surface area (Å²) < 4.78 is 7.84. The molecular weight excluding hydrogens is 348 g/mol. The van der Waals surface area contributed by atoms with Gasteiger partial charge in [0.2, 0.25) is 5.91 Å². The Morgan fingerprint density at radius 1 is 1.35 bits per heavy atom. The largest absolute Gasteiger partial charge is 0.416 e. The standard InChI is InChI=1S/C15H24N2O3S2Si/c1-15(2,3)23(4,5)20-10-11-12(18)16-13(11)21-14(19)22-17-8-6-7-9-17/h6-9,11,13H,10H2,1-5H3,(H,16,18)/t11-,13+/m0/s1. The van der Waals surface area contributed by atoms with Gasteiger partial charge in [0.05, 0.1) is 11.3 Å². The highest BCUT2D eigenvalue weighted by Gasteiger charge is 2.44. The van der Waals surface area contributed by atoms with Crippen LogP contribution < -0.4 is 5.32 Å². The Morgan fingerprint density at radius 3 is 2.48 bits per heavy atom. The Labute approximate surface area is 147 Å². The van der Waals surface area contributed by atoms with E-state index in [2.05, 4.69) is 39.2 Å². The summed E-state index contributed by atoms with van der Waals surface area (Å²) in [6.07, 6.45) is 3.64. The van der Waals surface area contributed by atoms with Crippen LogP contribution in [0.3, 0.4) is 0 Å². The number of hydrogen-bond acceptors (Lipinski definition) is 5. The van der Waals surface area contributed by atoms with Gasteiger partial charge in [0.15, 0.2) is 8.32 Å². The third-order valence-electron chi connectivity index (χ3n) is 4.40. The maximum absolute atomic E-state index is 12.0. The van der Waals surface area contributed by atoms with Crippen LogP contribution in [-0.2, 0) is 9.22 Å². The average Bonchev–Trinajstić information content (AvgIpc) is 2.89. The second-order valence-corrected chi connectivity index (χ2v) is 14.3. The van der Waals surface area contributed by atoms with Crippen molar-refractivity contribution in [2.75, 3.05) is 6.61 Å². The molecule has 1 aliphatic rings. The van der Waals surface area contributed by atoms with Crippen molar-refractivity contribution in [3.8, 4) is 0 Å². The third kappa shape index (κ3) is 4.65. The van der Waals surface area contributed by atoms with E-state index in [4.69, 9.17) is 4.43 Å². The molecule has 128 valence electrons. The van der Waals surface area contributed by atoms with Gasteiger partial charge in [0.25, 0.3) is 4.45 Å². The molecule has 2 rings (SSSR count). The van der Waals surface area contributed by atoms with Crippen molar-refractivity contribution in [2.45, 2.75) is 44.3 Å². The highest BCUT2D eigenvalue weighted by Crippen LogP contribution is 2.38. The van der Waals surface area contributed by atoms with E-state index in [0.29, 0.717) is 6.61 Å². The molecule has 1 aromatic rings. The second kappa shape index (κ2) is 7.04. The molecule has 0 aromatic carbocycles. The van der Waals surface area contributed by atoms with Gasteiger partial charge in [0, 0.05) is 30.9 Å². The normalized spacial score (nSPS) is 21.7. The van der Waals surface area contributed by atoms with E-state index >= 15 is 0 Å². The van der Waals surface area contributed by atoms with Gasteiger partial charge in [-0.2, -0.15) is 0 Å². The first-order valence-electron chi connectivity index (χ1n) is 7.56. The van der Waals surface area contributed by atoms with Gasteiger partial charge in [-0.05, 0) is 42.0 Å². The molecule has 0 bridgehead atoms. The molecule has 23 heavy (non-hydrogen) atoms. The summed E-state index contributed by atoms with van der Waals surface area (Å²) in [4.78, 5) is 23.8. The van der Waals surface area contributed by atoms with Gasteiger partial charge in [-0.25, -0.2) is 0 Å². The van der Waals surface area contributed by atoms with Crippen molar-refractivity contribution in [1.82, 2.24) is 9.29 Å². The van der Waals surface area contributed by atoms with Crippen LogP contribution in [0.15, 0.2) is 24.5 Å². The molecule has 1 saturated heterocycles. The lowest BCUT2D eigenvalue weighted by atomic mass is 10.0. The maximum atomic E-state index is 12.0. The van der Waals surface area contributed by atoms with E-state index in [1.165, 1.54) is 0 Å². The predicted molar refractivity (Wildman–Crippen MR) is 99.0 cm³/mol. The van der Waals surface area contributed by atoms with Crippen molar-refractivity contribution >= 4 is 42.4 Å². The van der Waals surface area contributed by atoms with Gasteiger partial charge >= 0.3 is 0 Å². The molecular formula is C15H24N2O3S2Si. The summed E-state index contributed by atoms with van der Waals surface area (Å²) in [6.45, 7) is 11.2. The highest BCUT2D eigenvalue weighted by atomic mass is 32.2. The number of thioether (sulfide) groups is 1. The van der Waals surface area contributed by atoms with Crippen molar-refractivity contribution in [3.05, 3.63) is 24.5 Å². The maximum Gasteiger partial charge on any atom is 0.268 e. The molecule has 1 N–H and O–H groups in total. The van der Waals surface area contributed by atoms with Gasteiger partial charge in [-0.15, -0.1) is 0 Å². The minimum Gasteiger partial charge on any atom is -0.416 e. The Balaban J connectivity index is 1.85. The van der Waals surface area contributed by atoms with Crippen molar-refractivity contribution in [1.29, 1.82) is 0 Å². The molecule has 0 spiro atoms. The van der Waals surface area contributed by atoms with E-state index in [1.807, 2.05) is 24.5 Å². The first kappa shape index (κ1) is 18.6. The van der Waals surface area contributed by atoms with Crippen molar-refractivity contribution < 1.29 is 14.0 Å². The van der Waals surface area contributed by atoms with Crippen molar-refractivity contribution in [2.24, 2.45) is 5.92 Å². The number of aromatic nitrogens is 1. The minimum atomic E-state index is -1.88. The SMILES string of the molecule is CC(C)(C)[Si](C)(C)OC[C@H]1C(=O)N[C@@H]1SC(=O)Sn1cccc1. The number of nitrogens with one attached hydrogen (secondary N) is 1. The monoisotopic (exact) mass is 372 g/mol. The van der Waals surface area contributed by atoms with Crippen LogP contribution in [0.4, 0.5) is 4.79 Å². The second-order valence-electron chi connectivity index (χ2n) is 7.11. The zero-order valence-corrected chi connectivity index (χ0v) is 16.8. The van der Waals surface area contributed by atoms with Gasteiger partial charge in [-0.1, -0.05) is 20.8 Å². The number of nitrogens with zero attached hydrogens (tertiary/aromatic N) is 1. The summed E-state index contributed by atoms with van der Waals surface area (Å²) in [6, 6.07) is 3.73. The fourth-order valence-electron chi connectivity index (χ4n) is 1.77. The topological polar surface area (TPSA) is 60.3 Å². The first-order chi connectivity index (χ1) is 10.6. The number of carbonyl (C=O) groups is 2. The Hall–Kier alpha value is -0.703. The Bertz CT molecular complexity index is 570. The molecule has 1 aromatic heterocycles. The lowest BCUT2D eigenvalue weighted by molar-refractivity contribution is -0.133. The summed E-state index contributed by atoms with van der Waals surface area (Å²) in [5.41, 5.74) is 0. The Morgan fingerprint density at radius 2 is 1.96 bits per heavy atom. The average molecular weight is 373 g/mol. The highest BCUT2D eigenvalue weighted by molar-refractivity contribution is 8.38. The molecule has 5 nitrogen and oxygen atoms in total. The third-order valence-corrected chi connectivity index (χ3v) is 10.9. The molecule has 1 aliphatic heterocycles. The number of amides is 1. The molecule has 2 atom stereocenters. The molecule has 0 radical (unpaired) electrons. The fourth-order valence-corrected chi connectivity index (χ4v) is 4.72. The molecule has 1 fully saturated rings. The van der Waals surface area contributed by atoms with Gasteiger partial charge in [-0.3, -0.25) is 13.6 Å². The van der Waals surface area contributed by atoms with E-state index in [-0.39, 0.29) is 26.7 Å². The first-order valence-corrected chi connectivity index (χ1v) is 12.1. The van der Waals surface area contributed by atoms with Crippen LogP contribution in [0.5, 0.6) is 0 Å². The fraction of sp³-hybridized carbons (Fsp3) is 0.600. The van der Waals surface area contributed by atoms with E-state index in [9.17, 15) is 9.59 Å². The zero-order valence-electron chi connectivity index (χ0n) is 14.2. The van der Waals surface area contributed by atoms with Crippen LogP contribution in [0.2, 0.25) is 18.1 Å². The Kier molecular flexibility index (Phi) is 5.70. The van der Waals surface area contributed by atoms with Crippen LogP contribution in [0.1, 0.15) is 20.8 Å². The molecule has 2 heterocycles. The van der Waals surface area contributed by atoms with E-state index in [1.54, 1.807) is 3.97 Å². The van der Waals surface area contributed by atoms with Gasteiger partial charge in [0.1, 0.15) is 0 Å². The molecule has 0 aliphatic carbocycles.